The van der Waals surface area contributed by atoms with Crippen LogP contribution in [0.5, 0.6) is 11.5 Å². The first-order valence-electron chi connectivity index (χ1n) is 16.3. The van der Waals surface area contributed by atoms with E-state index in [4.69, 9.17) is 15.9 Å². The van der Waals surface area contributed by atoms with Gasteiger partial charge in [-0.2, -0.15) is 10.5 Å². The van der Waals surface area contributed by atoms with E-state index in [1.807, 2.05) is 83.2 Å². The van der Waals surface area contributed by atoms with E-state index in [-0.39, 0.29) is 5.92 Å². The lowest BCUT2D eigenvalue weighted by Crippen LogP contribution is -2.11. The molecule has 0 spiro atoms. The Kier molecular flexibility index (Phi) is 15.3. The molecule has 0 radical (unpaired) electrons. The quantitative estimate of drug-likeness (QED) is 0.121. The van der Waals surface area contributed by atoms with Gasteiger partial charge < -0.3 is 9.47 Å². The number of ether oxygens (including phenoxy) is 2. The smallest absolute Gasteiger partial charge is 0.127 e. The molecule has 0 aliphatic heterocycles. The van der Waals surface area contributed by atoms with E-state index in [1.54, 1.807) is 7.11 Å². The van der Waals surface area contributed by atoms with Crippen LogP contribution in [0.1, 0.15) is 95.7 Å². The van der Waals surface area contributed by atoms with Crippen molar-refractivity contribution in [3.63, 3.8) is 0 Å². The van der Waals surface area contributed by atoms with Gasteiger partial charge in [-0.15, -0.1) is 6.42 Å². The Morgan fingerprint density at radius 1 is 0.766 bits per heavy atom. The van der Waals surface area contributed by atoms with Gasteiger partial charge in [0.05, 0.1) is 36.3 Å². The van der Waals surface area contributed by atoms with Crippen LogP contribution in [0.15, 0.2) is 48.6 Å². The number of unbranched alkanes of at least 4 members (excludes halogenated alkanes) is 1. The molecule has 0 bridgehead atoms. The zero-order valence-electron chi connectivity index (χ0n) is 30.0. The minimum absolute atomic E-state index is 0.172. The van der Waals surface area contributed by atoms with Crippen LogP contribution in [0.25, 0.3) is 23.3 Å². The summed E-state index contributed by atoms with van der Waals surface area (Å²) in [6.45, 7) is 18.8. The van der Waals surface area contributed by atoms with Gasteiger partial charge in [-0.25, -0.2) is 0 Å². The monoisotopic (exact) mass is 626 g/mol. The van der Waals surface area contributed by atoms with E-state index in [0.29, 0.717) is 17.8 Å². The second-order valence-electron chi connectivity index (χ2n) is 11.9. The number of allylic oxidation sites excluding steroid dienone is 4. The lowest BCUT2D eigenvalue weighted by Gasteiger charge is -2.16. The molecule has 0 fully saturated rings. The Morgan fingerprint density at radius 3 is 1.91 bits per heavy atom. The van der Waals surface area contributed by atoms with Gasteiger partial charge >= 0.3 is 0 Å². The second-order valence-corrected chi connectivity index (χ2v) is 11.9. The fourth-order valence-corrected chi connectivity index (χ4v) is 5.33. The first-order valence-corrected chi connectivity index (χ1v) is 16.3. The maximum atomic E-state index is 9.76. The molecule has 0 amide bonds. The number of hydrogen-bond donors (Lipinski definition) is 0. The molecule has 3 aromatic rings. The van der Waals surface area contributed by atoms with Gasteiger partial charge in [0.25, 0.3) is 0 Å². The number of nitrogens with zero attached hydrogens (tertiary/aromatic N) is 2. The number of hydrogen-bond acceptors (Lipinski definition) is 4. The fourth-order valence-electron chi connectivity index (χ4n) is 5.33. The highest BCUT2D eigenvalue weighted by atomic mass is 16.5. The highest BCUT2D eigenvalue weighted by Gasteiger charge is 2.13. The fraction of sp³-hybridized carbons (Fsp3) is 0.349. The molecule has 244 valence electrons. The third-order valence-corrected chi connectivity index (χ3v) is 8.32. The largest absolute Gasteiger partial charge is 0.496 e. The van der Waals surface area contributed by atoms with E-state index in [2.05, 4.69) is 57.9 Å². The molecule has 4 nitrogen and oxygen atoms in total. The molecular formula is C43H50N2O2. The maximum absolute atomic E-state index is 9.76. The summed E-state index contributed by atoms with van der Waals surface area (Å²) in [5.74, 6) is 4.73. The summed E-state index contributed by atoms with van der Waals surface area (Å²) in [7, 11) is 1.68. The SMILES string of the molecule is C#CC(CCCC)COc1cc(C)c(OC)cc1/C=C/C.C/C=C(\C#N)c1cc(C)c(/C(C#N)=C/c2cc(C)c(C)cc2C)cc1C. The van der Waals surface area contributed by atoms with Crippen molar-refractivity contribution in [1.29, 1.82) is 10.5 Å². The average molecular weight is 627 g/mol. The lowest BCUT2D eigenvalue weighted by atomic mass is 9.91. The summed E-state index contributed by atoms with van der Waals surface area (Å²) in [4.78, 5) is 0. The van der Waals surface area contributed by atoms with Crippen LogP contribution in [0, 0.1) is 82.5 Å². The normalized spacial score (nSPS) is 12.0. The van der Waals surface area contributed by atoms with Crippen molar-refractivity contribution in [2.75, 3.05) is 13.7 Å². The van der Waals surface area contributed by atoms with Crippen LogP contribution in [0.4, 0.5) is 0 Å². The van der Waals surface area contributed by atoms with E-state index >= 15 is 0 Å². The minimum Gasteiger partial charge on any atom is -0.496 e. The van der Waals surface area contributed by atoms with Crippen LogP contribution in [0.2, 0.25) is 0 Å². The molecule has 0 saturated carbocycles. The Bertz CT molecular complexity index is 1770. The van der Waals surface area contributed by atoms with Gasteiger partial charge in [0.1, 0.15) is 18.1 Å². The first-order chi connectivity index (χ1) is 22.5. The summed E-state index contributed by atoms with van der Waals surface area (Å²) < 4.78 is 11.3. The predicted octanol–water partition coefficient (Wildman–Crippen LogP) is 11.1. The van der Waals surface area contributed by atoms with E-state index < -0.39 is 0 Å². The Hall–Kier alpha value is -4.98. The summed E-state index contributed by atoms with van der Waals surface area (Å²) in [5, 5.41) is 19.1. The molecule has 47 heavy (non-hydrogen) atoms. The minimum atomic E-state index is 0.172. The molecular weight excluding hydrogens is 576 g/mol. The average Bonchev–Trinajstić information content (AvgIpc) is 3.05. The molecule has 0 heterocycles. The third kappa shape index (κ3) is 10.5. The highest BCUT2D eigenvalue weighted by molar-refractivity contribution is 5.92. The number of terminal acetylenes is 1. The standard InChI is InChI=1S/C24H24N2.C19H26O2/c1-7-20(13-25)23-10-19(6)24(11-18(23)5)22(14-26)12-21-9-16(3)15(2)8-17(21)4;1-6-9-11-16(8-3)14-21-19-12-15(4)18(20-5)13-17(19)10-7-2/h7-12H,1-6H3;3,7,10,12-13,16H,6,9,11,14H2,1-2,4-5H3/b20-7+,22-12+;10-7+. The summed E-state index contributed by atoms with van der Waals surface area (Å²) in [6.07, 6.45) is 16.7. The Balaban J connectivity index is 0.000000335. The van der Waals surface area contributed by atoms with Gasteiger partial charge in [0, 0.05) is 5.56 Å². The number of methoxy groups -OCH3 is 1. The van der Waals surface area contributed by atoms with Gasteiger partial charge in [0.15, 0.2) is 0 Å². The highest BCUT2D eigenvalue weighted by Crippen LogP contribution is 2.31. The number of benzene rings is 3. The van der Waals surface area contributed by atoms with Crippen LogP contribution in [-0.2, 0) is 0 Å². The molecule has 4 heteroatoms. The van der Waals surface area contributed by atoms with E-state index in [1.165, 1.54) is 11.1 Å². The molecule has 1 unspecified atom stereocenters. The van der Waals surface area contributed by atoms with Crippen molar-refractivity contribution < 1.29 is 9.47 Å². The molecule has 0 saturated heterocycles. The van der Waals surface area contributed by atoms with Gasteiger partial charge in [-0.3, -0.25) is 0 Å². The van der Waals surface area contributed by atoms with Crippen molar-refractivity contribution in [2.45, 2.75) is 81.6 Å². The zero-order chi connectivity index (χ0) is 35.1. The molecule has 0 aliphatic carbocycles. The lowest BCUT2D eigenvalue weighted by molar-refractivity contribution is 0.270. The molecule has 1 atom stereocenters. The molecule has 0 N–H and O–H groups in total. The Labute approximate surface area is 284 Å². The van der Waals surface area contributed by atoms with Crippen LogP contribution >= 0.6 is 0 Å². The van der Waals surface area contributed by atoms with E-state index in [9.17, 15) is 10.5 Å². The molecule has 0 aliphatic rings. The van der Waals surface area contributed by atoms with Crippen LogP contribution in [-0.4, -0.2) is 13.7 Å². The second kappa shape index (κ2) is 18.9. The third-order valence-electron chi connectivity index (χ3n) is 8.32. The van der Waals surface area contributed by atoms with Crippen molar-refractivity contribution in [3.05, 3.63) is 104 Å². The first kappa shape index (κ1) is 38.2. The molecule has 3 aromatic carbocycles. The van der Waals surface area contributed by atoms with Crippen molar-refractivity contribution >= 4 is 23.3 Å². The summed E-state index contributed by atoms with van der Waals surface area (Å²) in [5.41, 5.74) is 11.9. The topological polar surface area (TPSA) is 66.0 Å². The van der Waals surface area contributed by atoms with Crippen LogP contribution < -0.4 is 9.47 Å². The van der Waals surface area contributed by atoms with Crippen molar-refractivity contribution in [2.24, 2.45) is 5.92 Å². The van der Waals surface area contributed by atoms with Gasteiger partial charge in [0.2, 0.25) is 0 Å². The van der Waals surface area contributed by atoms with Crippen molar-refractivity contribution in [3.8, 4) is 36.0 Å². The maximum Gasteiger partial charge on any atom is 0.127 e. The predicted molar refractivity (Wildman–Crippen MR) is 199 cm³/mol. The summed E-state index contributed by atoms with van der Waals surface area (Å²) >= 11 is 0. The van der Waals surface area contributed by atoms with E-state index in [0.717, 1.165) is 75.3 Å². The summed E-state index contributed by atoms with van der Waals surface area (Å²) in [6, 6.07) is 16.9. The van der Waals surface area contributed by atoms with Gasteiger partial charge in [-0.05, 0) is 142 Å². The number of rotatable bonds is 11. The Morgan fingerprint density at radius 2 is 1.38 bits per heavy atom. The zero-order valence-corrected chi connectivity index (χ0v) is 30.0. The number of nitriles is 2. The van der Waals surface area contributed by atoms with Crippen molar-refractivity contribution in [1.82, 2.24) is 0 Å². The molecule has 0 aromatic heterocycles. The van der Waals surface area contributed by atoms with Gasteiger partial charge in [-0.1, -0.05) is 56.0 Å². The molecule has 3 rings (SSSR count). The number of aryl methyl sites for hydroxylation is 6. The van der Waals surface area contributed by atoms with Crippen LogP contribution in [0.3, 0.4) is 0 Å².